The Balaban J connectivity index is 1.84. The van der Waals surface area contributed by atoms with Crippen molar-refractivity contribution in [2.45, 2.75) is 25.4 Å². The summed E-state index contributed by atoms with van der Waals surface area (Å²) in [5.74, 6) is 0.208. The van der Waals surface area contributed by atoms with E-state index in [-0.39, 0.29) is 11.5 Å². The lowest BCUT2D eigenvalue weighted by Crippen LogP contribution is -2.40. The fourth-order valence-corrected chi connectivity index (χ4v) is 2.72. The molecule has 1 aromatic carbocycles. The second-order valence-corrected chi connectivity index (χ2v) is 5.70. The number of fused-ring (bicyclic) bond motifs is 1. The van der Waals surface area contributed by atoms with E-state index >= 15 is 0 Å². The zero-order chi connectivity index (χ0) is 14.9. The lowest BCUT2D eigenvalue weighted by atomic mass is 10.0. The van der Waals surface area contributed by atoms with Crippen molar-refractivity contribution in [3.05, 3.63) is 35.9 Å². The maximum atomic E-state index is 12.5. The van der Waals surface area contributed by atoms with Gasteiger partial charge in [-0.2, -0.15) is 0 Å². The summed E-state index contributed by atoms with van der Waals surface area (Å²) < 4.78 is 5.69. The van der Waals surface area contributed by atoms with Crippen molar-refractivity contribution in [1.29, 1.82) is 0 Å². The Labute approximate surface area is 123 Å². The van der Waals surface area contributed by atoms with Crippen molar-refractivity contribution in [3.8, 4) is 0 Å². The largest absolute Gasteiger partial charge is 0.384 e. The van der Waals surface area contributed by atoms with E-state index in [1.165, 1.54) is 0 Å². The second-order valence-electron chi connectivity index (χ2n) is 5.70. The number of hydrogen-bond acceptors (Lipinski definition) is 4. The molecule has 0 aliphatic carbocycles. The molecule has 21 heavy (non-hydrogen) atoms. The van der Waals surface area contributed by atoms with E-state index in [1.807, 2.05) is 31.2 Å². The van der Waals surface area contributed by atoms with Crippen molar-refractivity contribution in [2.75, 3.05) is 18.9 Å². The molecule has 1 saturated heterocycles. The molecule has 5 nitrogen and oxygen atoms in total. The van der Waals surface area contributed by atoms with Gasteiger partial charge in [-0.1, -0.05) is 18.2 Å². The minimum atomic E-state index is -0.260. The average Bonchev–Trinajstić information content (AvgIpc) is 2.91. The summed E-state index contributed by atoms with van der Waals surface area (Å²) in [5.41, 5.74) is 6.81. The van der Waals surface area contributed by atoms with Gasteiger partial charge in [0.25, 0.3) is 5.91 Å². The van der Waals surface area contributed by atoms with Crippen LogP contribution in [0.4, 0.5) is 5.82 Å². The molecule has 1 aromatic heterocycles. The average molecular weight is 285 g/mol. The quantitative estimate of drug-likeness (QED) is 0.905. The molecule has 1 fully saturated rings. The molecule has 5 heteroatoms. The number of carbonyl (C=O) groups is 1. The number of para-hydroxylation sites is 1. The normalized spacial score (nSPS) is 21.6. The molecule has 0 radical (unpaired) electrons. The topological polar surface area (TPSA) is 77.2 Å². The van der Waals surface area contributed by atoms with E-state index in [0.717, 1.165) is 30.4 Å². The zero-order valence-electron chi connectivity index (χ0n) is 12.1. The fraction of sp³-hybridized carbons (Fsp3) is 0.375. The van der Waals surface area contributed by atoms with Gasteiger partial charge in [0.1, 0.15) is 5.82 Å². The van der Waals surface area contributed by atoms with Crippen LogP contribution >= 0.6 is 0 Å². The molecule has 2 aromatic rings. The summed E-state index contributed by atoms with van der Waals surface area (Å²) in [7, 11) is 0. The van der Waals surface area contributed by atoms with Crippen LogP contribution in [-0.2, 0) is 4.74 Å². The van der Waals surface area contributed by atoms with Crippen LogP contribution in [0.5, 0.6) is 0 Å². The van der Waals surface area contributed by atoms with Gasteiger partial charge in [-0.15, -0.1) is 0 Å². The smallest absolute Gasteiger partial charge is 0.252 e. The highest BCUT2D eigenvalue weighted by Gasteiger charge is 2.30. The number of nitrogens with one attached hydrogen (secondary N) is 1. The van der Waals surface area contributed by atoms with Gasteiger partial charge >= 0.3 is 0 Å². The number of nitrogen functional groups attached to an aromatic ring is 1. The Kier molecular flexibility index (Phi) is 3.51. The van der Waals surface area contributed by atoms with Gasteiger partial charge < -0.3 is 15.8 Å². The summed E-state index contributed by atoms with van der Waals surface area (Å²) in [6.07, 6.45) is 2.00. The van der Waals surface area contributed by atoms with E-state index in [4.69, 9.17) is 10.5 Å². The number of pyridine rings is 1. The molecule has 110 valence electrons. The Morgan fingerprint density at radius 1 is 1.48 bits per heavy atom. The number of aromatic nitrogens is 1. The lowest BCUT2D eigenvalue weighted by Gasteiger charge is -2.23. The van der Waals surface area contributed by atoms with E-state index < -0.39 is 0 Å². The van der Waals surface area contributed by atoms with Gasteiger partial charge in [-0.3, -0.25) is 4.79 Å². The van der Waals surface area contributed by atoms with Gasteiger partial charge in [0, 0.05) is 18.5 Å². The maximum Gasteiger partial charge on any atom is 0.252 e. The highest BCUT2D eigenvalue weighted by Crippen LogP contribution is 2.24. The number of rotatable bonds is 3. The van der Waals surface area contributed by atoms with Crippen LogP contribution in [0, 0.1) is 0 Å². The first-order valence-corrected chi connectivity index (χ1v) is 7.15. The minimum Gasteiger partial charge on any atom is -0.384 e. The summed E-state index contributed by atoms with van der Waals surface area (Å²) in [6.45, 7) is 3.29. The molecule has 1 aliphatic heterocycles. The Hall–Kier alpha value is -2.14. The van der Waals surface area contributed by atoms with Gasteiger partial charge in [0.2, 0.25) is 0 Å². The number of anilines is 1. The minimum absolute atomic E-state index is 0.142. The maximum absolute atomic E-state index is 12.5. The molecule has 1 atom stereocenters. The van der Waals surface area contributed by atoms with E-state index in [1.54, 1.807) is 6.07 Å². The first kappa shape index (κ1) is 13.8. The van der Waals surface area contributed by atoms with Crippen molar-refractivity contribution in [1.82, 2.24) is 10.3 Å². The Bertz CT molecular complexity index is 678. The number of amides is 1. The summed E-state index contributed by atoms with van der Waals surface area (Å²) in [5, 5.41) is 3.76. The number of hydrogen-bond donors (Lipinski definition) is 2. The molecule has 1 unspecified atom stereocenters. The van der Waals surface area contributed by atoms with Gasteiger partial charge in [-0.25, -0.2) is 4.98 Å². The van der Waals surface area contributed by atoms with E-state index in [9.17, 15) is 4.79 Å². The standard InChI is InChI=1S/C16H19N3O2/c1-16(7-4-8-21-16)10-18-15(20)12-9-14(17)19-13-6-3-2-5-11(12)13/h2-3,5-6,9H,4,7-8,10H2,1H3,(H2,17,19)(H,18,20). The first-order chi connectivity index (χ1) is 10.1. The summed E-state index contributed by atoms with van der Waals surface area (Å²) in [6, 6.07) is 9.12. The van der Waals surface area contributed by atoms with Crippen molar-refractivity contribution < 1.29 is 9.53 Å². The Morgan fingerprint density at radius 2 is 2.29 bits per heavy atom. The molecule has 0 bridgehead atoms. The van der Waals surface area contributed by atoms with Gasteiger partial charge in [0.05, 0.1) is 16.7 Å². The molecular weight excluding hydrogens is 266 g/mol. The fourth-order valence-electron chi connectivity index (χ4n) is 2.72. The second kappa shape index (κ2) is 5.33. The molecular formula is C16H19N3O2. The van der Waals surface area contributed by atoms with Crippen LogP contribution in [0.3, 0.4) is 0 Å². The number of nitrogens with two attached hydrogens (primary N) is 1. The van der Waals surface area contributed by atoms with Gasteiger partial charge in [0.15, 0.2) is 0 Å². The van der Waals surface area contributed by atoms with Crippen LogP contribution in [0.2, 0.25) is 0 Å². The third kappa shape index (κ3) is 2.83. The monoisotopic (exact) mass is 285 g/mol. The molecule has 3 rings (SSSR count). The van der Waals surface area contributed by atoms with Crippen LogP contribution in [0.1, 0.15) is 30.1 Å². The number of nitrogens with zero attached hydrogens (tertiary/aromatic N) is 1. The van der Waals surface area contributed by atoms with Gasteiger partial charge in [-0.05, 0) is 31.9 Å². The third-order valence-electron chi connectivity index (χ3n) is 3.90. The van der Waals surface area contributed by atoms with Crippen LogP contribution < -0.4 is 11.1 Å². The number of benzene rings is 1. The van der Waals surface area contributed by atoms with Crippen molar-refractivity contribution >= 4 is 22.6 Å². The van der Waals surface area contributed by atoms with Crippen molar-refractivity contribution in [3.63, 3.8) is 0 Å². The number of carbonyl (C=O) groups excluding carboxylic acids is 1. The SMILES string of the molecule is CC1(CNC(=O)c2cc(N)nc3ccccc23)CCCO1. The van der Waals surface area contributed by atoms with Crippen LogP contribution in [-0.4, -0.2) is 29.6 Å². The Morgan fingerprint density at radius 3 is 3.05 bits per heavy atom. The molecule has 0 spiro atoms. The summed E-state index contributed by atoms with van der Waals surface area (Å²) in [4.78, 5) is 16.7. The zero-order valence-corrected chi connectivity index (χ0v) is 12.1. The van der Waals surface area contributed by atoms with E-state index in [0.29, 0.717) is 17.9 Å². The third-order valence-corrected chi connectivity index (χ3v) is 3.90. The first-order valence-electron chi connectivity index (χ1n) is 7.15. The van der Waals surface area contributed by atoms with Crippen molar-refractivity contribution in [2.24, 2.45) is 0 Å². The van der Waals surface area contributed by atoms with Crippen LogP contribution in [0.15, 0.2) is 30.3 Å². The summed E-state index contributed by atoms with van der Waals surface area (Å²) >= 11 is 0. The molecule has 2 heterocycles. The molecule has 0 saturated carbocycles. The predicted molar refractivity (Wildman–Crippen MR) is 82.1 cm³/mol. The predicted octanol–water partition coefficient (Wildman–Crippen LogP) is 2.12. The molecule has 3 N–H and O–H groups in total. The highest BCUT2D eigenvalue weighted by atomic mass is 16.5. The highest BCUT2D eigenvalue weighted by molar-refractivity contribution is 6.06. The van der Waals surface area contributed by atoms with E-state index in [2.05, 4.69) is 10.3 Å². The number of ether oxygens (including phenoxy) is 1. The molecule has 1 aliphatic rings. The lowest BCUT2D eigenvalue weighted by molar-refractivity contribution is 0.0206. The molecule has 1 amide bonds. The van der Waals surface area contributed by atoms with Crippen LogP contribution in [0.25, 0.3) is 10.9 Å².